The molecule has 0 fully saturated rings. The van der Waals surface area contributed by atoms with E-state index in [1.807, 2.05) is 18.2 Å². The van der Waals surface area contributed by atoms with E-state index in [4.69, 9.17) is 0 Å². The van der Waals surface area contributed by atoms with Crippen LogP contribution in [0.1, 0.15) is 38.1 Å². The van der Waals surface area contributed by atoms with Crippen LogP contribution in [0.4, 0.5) is 0 Å². The van der Waals surface area contributed by atoms with E-state index in [0.29, 0.717) is 11.4 Å². The fourth-order valence-corrected chi connectivity index (χ4v) is 2.40. The van der Waals surface area contributed by atoms with Crippen molar-refractivity contribution in [2.24, 2.45) is 0 Å². The number of hydrogen-bond donors (Lipinski definition) is 1. The molecule has 0 aliphatic carbocycles. The zero-order chi connectivity index (χ0) is 15.1. The van der Waals surface area contributed by atoms with Crippen LogP contribution in [0.3, 0.4) is 0 Å². The molecule has 21 heavy (non-hydrogen) atoms. The van der Waals surface area contributed by atoms with Gasteiger partial charge in [0.1, 0.15) is 6.33 Å². The van der Waals surface area contributed by atoms with Gasteiger partial charge in [-0.1, -0.05) is 19.4 Å². The summed E-state index contributed by atoms with van der Waals surface area (Å²) in [5, 5.41) is 13.3. The lowest BCUT2D eigenvalue weighted by Crippen LogP contribution is -2.48. The summed E-state index contributed by atoms with van der Waals surface area (Å²) >= 11 is 0. The molecule has 0 saturated carbocycles. The van der Waals surface area contributed by atoms with Crippen LogP contribution in [-0.2, 0) is 5.54 Å². The minimum absolute atomic E-state index is 0.173. The van der Waals surface area contributed by atoms with Crippen LogP contribution in [0.25, 0.3) is 0 Å². The van der Waals surface area contributed by atoms with Gasteiger partial charge in [0.2, 0.25) is 0 Å². The van der Waals surface area contributed by atoms with Gasteiger partial charge in [-0.2, -0.15) is 5.26 Å². The summed E-state index contributed by atoms with van der Waals surface area (Å²) in [6.07, 6.45) is 6.80. The van der Waals surface area contributed by atoms with Crippen LogP contribution in [0.5, 0.6) is 0 Å². The minimum atomic E-state index is -1.06. The second kappa shape index (κ2) is 6.91. The van der Waals surface area contributed by atoms with E-state index in [1.54, 1.807) is 18.5 Å². The molecule has 0 saturated heterocycles. The van der Waals surface area contributed by atoms with E-state index in [9.17, 15) is 5.26 Å². The van der Waals surface area contributed by atoms with Crippen molar-refractivity contribution in [1.82, 2.24) is 20.3 Å². The normalized spacial score (nSPS) is 14.9. The molecule has 2 aromatic heterocycles. The molecule has 108 valence electrons. The fraction of sp³-hybridized carbons (Fsp3) is 0.375. The molecule has 0 amide bonds. The summed E-state index contributed by atoms with van der Waals surface area (Å²) in [7, 11) is 0. The molecule has 2 unspecified atom stereocenters. The van der Waals surface area contributed by atoms with Crippen LogP contribution in [0, 0.1) is 11.3 Å². The molecule has 2 atom stereocenters. The number of pyridine rings is 1. The van der Waals surface area contributed by atoms with E-state index in [1.165, 1.54) is 6.33 Å². The van der Waals surface area contributed by atoms with Gasteiger partial charge in [-0.15, -0.1) is 0 Å². The van der Waals surface area contributed by atoms with Gasteiger partial charge in [0.05, 0.1) is 17.5 Å². The highest BCUT2D eigenvalue weighted by Gasteiger charge is 2.38. The Morgan fingerprint density at radius 2 is 2.05 bits per heavy atom. The quantitative estimate of drug-likeness (QED) is 0.880. The van der Waals surface area contributed by atoms with Crippen molar-refractivity contribution >= 4 is 0 Å². The summed E-state index contributed by atoms with van der Waals surface area (Å²) < 4.78 is 0. The monoisotopic (exact) mass is 281 g/mol. The highest BCUT2D eigenvalue weighted by atomic mass is 15.1. The number of nitriles is 1. The first-order chi connectivity index (χ1) is 10.2. The van der Waals surface area contributed by atoms with Crippen LogP contribution in [0.2, 0.25) is 0 Å². The highest BCUT2D eigenvalue weighted by Crippen LogP contribution is 2.26. The molecule has 0 bridgehead atoms. The van der Waals surface area contributed by atoms with Gasteiger partial charge in [-0.25, -0.2) is 9.97 Å². The predicted molar refractivity (Wildman–Crippen MR) is 80.2 cm³/mol. The molecule has 0 aromatic carbocycles. The molecule has 0 radical (unpaired) electrons. The number of hydrogen-bond acceptors (Lipinski definition) is 5. The lowest BCUT2D eigenvalue weighted by atomic mass is 9.90. The maximum absolute atomic E-state index is 9.89. The molecule has 5 nitrogen and oxygen atoms in total. The topological polar surface area (TPSA) is 74.5 Å². The molecule has 2 rings (SSSR count). The number of nitrogens with zero attached hydrogens (tertiary/aromatic N) is 4. The third-order valence-corrected chi connectivity index (χ3v) is 3.37. The molecular weight excluding hydrogens is 262 g/mol. The first-order valence-electron chi connectivity index (χ1n) is 7.10. The van der Waals surface area contributed by atoms with Crippen LogP contribution in [-0.4, -0.2) is 21.0 Å². The second-order valence-electron chi connectivity index (χ2n) is 5.01. The largest absolute Gasteiger partial charge is 0.287 e. The molecule has 1 N–H and O–H groups in total. The Bertz CT molecular complexity index is 552. The van der Waals surface area contributed by atoms with Crippen molar-refractivity contribution < 1.29 is 0 Å². The fourth-order valence-electron chi connectivity index (χ4n) is 2.40. The maximum Gasteiger partial charge on any atom is 0.192 e. The molecule has 0 aliphatic rings. The highest BCUT2D eigenvalue weighted by molar-refractivity contribution is 5.37. The van der Waals surface area contributed by atoms with Gasteiger partial charge >= 0.3 is 0 Å². The third kappa shape index (κ3) is 3.23. The van der Waals surface area contributed by atoms with Crippen LogP contribution >= 0.6 is 0 Å². The van der Waals surface area contributed by atoms with Gasteiger partial charge in [0.15, 0.2) is 5.54 Å². The van der Waals surface area contributed by atoms with Crippen molar-refractivity contribution in [1.29, 1.82) is 5.26 Å². The average molecular weight is 281 g/mol. The van der Waals surface area contributed by atoms with Crippen molar-refractivity contribution in [3.8, 4) is 6.07 Å². The van der Waals surface area contributed by atoms with Crippen LogP contribution in [0.15, 0.2) is 43.0 Å². The standard InChI is InChI=1S/C16H19N5/c1-3-6-13(2)21-16(11-17,14-7-4-5-9-19-14)15-8-10-18-12-20-15/h4-5,7-10,12-13,21H,3,6H2,1-2H3. The van der Waals surface area contributed by atoms with Gasteiger partial charge in [-0.3, -0.25) is 10.3 Å². The summed E-state index contributed by atoms with van der Waals surface area (Å²) in [6.45, 7) is 4.19. The van der Waals surface area contributed by atoms with Crippen molar-refractivity contribution in [3.63, 3.8) is 0 Å². The summed E-state index contributed by atoms with van der Waals surface area (Å²) in [4.78, 5) is 12.6. The second-order valence-corrected chi connectivity index (χ2v) is 5.01. The van der Waals surface area contributed by atoms with Gasteiger partial charge < -0.3 is 0 Å². The Hall–Kier alpha value is -2.32. The number of aromatic nitrogens is 3. The van der Waals surface area contributed by atoms with Gasteiger partial charge in [-0.05, 0) is 31.5 Å². The lowest BCUT2D eigenvalue weighted by Gasteiger charge is -2.30. The van der Waals surface area contributed by atoms with E-state index in [2.05, 4.69) is 40.2 Å². The van der Waals surface area contributed by atoms with Crippen molar-refractivity contribution in [2.45, 2.75) is 38.3 Å². The Morgan fingerprint density at radius 1 is 1.24 bits per heavy atom. The molecule has 2 heterocycles. The summed E-state index contributed by atoms with van der Waals surface area (Å²) in [5.41, 5.74) is 0.203. The Kier molecular flexibility index (Phi) is 4.96. The first-order valence-corrected chi connectivity index (χ1v) is 7.10. The molecule has 5 heteroatoms. The predicted octanol–water partition coefficient (Wildman–Crippen LogP) is 2.42. The Labute approximate surface area is 125 Å². The SMILES string of the molecule is CCCC(C)NC(C#N)(c1ccccn1)c1ccncn1. The number of rotatable bonds is 6. The summed E-state index contributed by atoms with van der Waals surface area (Å²) in [6, 6.07) is 9.86. The molecule has 2 aromatic rings. The van der Waals surface area contributed by atoms with E-state index < -0.39 is 5.54 Å². The van der Waals surface area contributed by atoms with E-state index in [-0.39, 0.29) is 6.04 Å². The lowest BCUT2D eigenvalue weighted by molar-refractivity contribution is 0.393. The maximum atomic E-state index is 9.89. The van der Waals surface area contributed by atoms with Gasteiger partial charge in [0, 0.05) is 18.4 Å². The smallest absolute Gasteiger partial charge is 0.192 e. The first kappa shape index (κ1) is 15.1. The Balaban J connectivity index is 2.50. The summed E-state index contributed by atoms with van der Waals surface area (Å²) in [5.74, 6) is 0. The zero-order valence-electron chi connectivity index (χ0n) is 12.3. The number of nitrogens with one attached hydrogen (secondary N) is 1. The van der Waals surface area contributed by atoms with E-state index >= 15 is 0 Å². The zero-order valence-corrected chi connectivity index (χ0v) is 12.3. The van der Waals surface area contributed by atoms with Gasteiger partial charge in [0.25, 0.3) is 0 Å². The third-order valence-electron chi connectivity index (χ3n) is 3.37. The molecule has 0 spiro atoms. The Morgan fingerprint density at radius 3 is 2.62 bits per heavy atom. The van der Waals surface area contributed by atoms with Crippen LogP contribution < -0.4 is 5.32 Å². The molecule has 0 aliphatic heterocycles. The molecular formula is C16H19N5. The van der Waals surface area contributed by atoms with Crippen molar-refractivity contribution in [3.05, 3.63) is 54.4 Å². The van der Waals surface area contributed by atoms with E-state index in [0.717, 1.165) is 12.8 Å². The van der Waals surface area contributed by atoms with Crippen molar-refractivity contribution in [2.75, 3.05) is 0 Å². The minimum Gasteiger partial charge on any atom is -0.287 e. The average Bonchev–Trinajstić information content (AvgIpc) is 2.54.